The molecule has 110 valence electrons. The molecule has 0 spiro atoms. The summed E-state index contributed by atoms with van der Waals surface area (Å²) in [4.78, 5) is 20.3. The molecule has 1 heterocycles. The molecule has 0 amide bonds. The van der Waals surface area contributed by atoms with Gasteiger partial charge in [-0.3, -0.25) is 9.78 Å². The fourth-order valence-electron chi connectivity index (χ4n) is 2.44. The van der Waals surface area contributed by atoms with Crippen molar-refractivity contribution in [3.63, 3.8) is 0 Å². The van der Waals surface area contributed by atoms with Crippen LogP contribution >= 0.6 is 0 Å². The highest BCUT2D eigenvalue weighted by Crippen LogP contribution is 2.28. The summed E-state index contributed by atoms with van der Waals surface area (Å²) in [6.45, 7) is 5.73. The zero-order valence-electron chi connectivity index (χ0n) is 12.4. The van der Waals surface area contributed by atoms with Crippen molar-refractivity contribution >= 4 is 11.8 Å². The van der Waals surface area contributed by atoms with Gasteiger partial charge < -0.3 is 10.1 Å². The second-order valence-electron chi connectivity index (χ2n) is 6.32. The predicted octanol–water partition coefficient (Wildman–Crippen LogP) is 2.79. The van der Waals surface area contributed by atoms with Gasteiger partial charge in [0.05, 0.1) is 12.1 Å². The third-order valence-electron chi connectivity index (χ3n) is 3.38. The molecule has 0 saturated heterocycles. The lowest BCUT2D eigenvalue weighted by atomic mass is 9.86. The third kappa shape index (κ3) is 4.47. The van der Waals surface area contributed by atoms with Gasteiger partial charge in [-0.05, 0) is 46.5 Å². The molecule has 1 aliphatic rings. The normalized spacial score (nSPS) is 23.1. The first-order valence-electron chi connectivity index (χ1n) is 7.19. The monoisotopic (exact) mass is 277 g/mol. The molecule has 2 rings (SSSR count). The topological polar surface area (TPSA) is 64.1 Å². The van der Waals surface area contributed by atoms with Crippen LogP contribution in [-0.2, 0) is 9.53 Å². The fourth-order valence-corrected chi connectivity index (χ4v) is 2.44. The Morgan fingerprint density at radius 2 is 1.95 bits per heavy atom. The molecule has 0 radical (unpaired) electrons. The van der Waals surface area contributed by atoms with Crippen LogP contribution in [0, 0.1) is 5.92 Å². The van der Waals surface area contributed by atoms with Crippen LogP contribution in [0.2, 0.25) is 0 Å². The largest absolute Gasteiger partial charge is 0.460 e. The zero-order chi connectivity index (χ0) is 14.6. The predicted molar refractivity (Wildman–Crippen MR) is 77.2 cm³/mol. The molecule has 1 aromatic rings. The van der Waals surface area contributed by atoms with E-state index < -0.39 is 5.60 Å². The molecule has 0 unspecified atom stereocenters. The van der Waals surface area contributed by atoms with Gasteiger partial charge >= 0.3 is 5.97 Å². The molecule has 1 saturated carbocycles. The number of carbonyl (C=O) groups is 1. The van der Waals surface area contributed by atoms with Gasteiger partial charge in [0.2, 0.25) is 0 Å². The molecule has 1 N–H and O–H groups in total. The van der Waals surface area contributed by atoms with Crippen molar-refractivity contribution in [1.82, 2.24) is 9.97 Å². The second-order valence-corrected chi connectivity index (χ2v) is 6.32. The van der Waals surface area contributed by atoms with Crippen LogP contribution < -0.4 is 5.32 Å². The molecule has 5 nitrogen and oxygen atoms in total. The highest BCUT2D eigenvalue weighted by atomic mass is 16.6. The number of rotatable bonds is 3. The average Bonchev–Trinajstić information content (AvgIpc) is 2.39. The number of nitrogens with one attached hydrogen (secondary N) is 1. The molecule has 0 aromatic carbocycles. The molecule has 0 bridgehead atoms. The van der Waals surface area contributed by atoms with E-state index in [4.69, 9.17) is 4.74 Å². The Morgan fingerprint density at radius 1 is 1.25 bits per heavy atom. The molecule has 1 aromatic heterocycles. The van der Waals surface area contributed by atoms with E-state index in [1.807, 2.05) is 20.8 Å². The van der Waals surface area contributed by atoms with Crippen molar-refractivity contribution in [2.45, 2.75) is 58.1 Å². The zero-order valence-corrected chi connectivity index (χ0v) is 12.4. The Morgan fingerprint density at radius 3 is 2.50 bits per heavy atom. The molecule has 1 fully saturated rings. The van der Waals surface area contributed by atoms with Crippen LogP contribution in [0.3, 0.4) is 0 Å². The summed E-state index contributed by atoms with van der Waals surface area (Å²) in [5.74, 6) is 0.776. The van der Waals surface area contributed by atoms with E-state index in [9.17, 15) is 4.79 Å². The lowest BCUT2D eigenvalue weighted by Gasteiger charge is -2.30. The van der Waals surface area contributed by atoms with Gasteiger partial charge in [0, 0.05) is 18.4 Å². The van der Waals surface area contributed by atoms with E-state index in [0.717, 1.165) is 31.5 Å². The van der Waals surface area contributed by atoms with E-state index in [1.165, 1.54) is 0 Å². The Bertz CT molecular complexity index is 434. The first-order chi connectivity index (χ1) is 9.44. The van der Waals surface area contributed by atoms with Crippen LogP contribution in [0.5, 0.6) is 0 Å². The van der Waals surface area contributed by atoms with Crippen molar-refractivity contribution in [2.75, 3.05) is 5.32 Å². The van der Waals surface area contributed by atoms with Gasteiger partial charge in [-0.15, -0.1) is 0 Å². The van der Waals surface area contributed by atoms with Gasteiger partial charge in [0.25, 0.3) is 0 Å². The molecular weight excluding hydrogens is 254 g/mol. The summed E-state index contributed by atoms with van der Waals surface area (Å²) in [6, 6.07) is 0.366. The van der Waals surface area contributed by atoms with Crippen LogP contribution in [0.15, 0.2) is 18.6 Å². The standard InChI is InChI=1S/C15H23N3O2/c1-15(2,3)20-14(19)11-4-6-12(7-5-11)18-13-10-16-8-9-17-13/h8-12H,4-7H2,1-3H3,(H,17,18). The molecule has 0 atom stereocenters. The van der Waals surface area contributed by atoms with Gasteiger partial charge in [-0.1, -0.05) is 0 Å². The minimum Gasteiger partial charge on any atom is -0.460 e. The first kappa shape index (κ1) is 14.8. The maximum Gasteiger partial charge on any atom is 0.309 e. The van der Waals surface area contributed by atoms with Crippen molar-refractivity contribution < 1.29 is 9.53 Å². The first-order valence-corrected chi connectivity index (χ1v) is 7.19. The van der Waals surface area contributed by atoms with Gasteiger partial charge in [-0.2, -0.15) is 0 Å². The van der Waals surface area contributed by atoms with Gasteiger partial charge in [-0.25, -0.2) is 4.98 Å². The number of ether oxygens (including phenoxy) is 1. The van der Waals surface area contributed by atoms with Crippen molar-refractivity contribution in [3.8, 4) is 0 Å². The highest BCUT2D eigenvalue weighted by Gasteiger charge is 2.29. The van der Waals surface area contributed by atoms with Crippen LogP contribution in [0.1, 0.15) is 46.5 Å². The fraction of sp³-hybridized carbons (Fsp3) is 0.667. The highest BCUT2D eigenvalue weighted by molar-refractivity contribution is 5.73. The number of nitrogens with zero attached hydrogens (tertiary/aromatic N) is 2. The minimum atomic E-state index is -0.397. The maximum atomic E-state index is 12.0. The van der Waals surface area contributed by atoms with Crippen molar-refractivity contribution in [3.05, 3.63) is 18.6 Å². The summed E-state index contributed by atoms with van der Waals surface area (Å²) in [5, 5.41) is 3.36. The smallest absolute Gasteiger partial charge is 0.309 e. The molecule has 0 aliphatic heterocycles. The third-order valence-corrected chi connectivity index (χ3v) is 3.38. The van der Waals surface area contributed by atoms with E-state index in [0.29, 0.717) is 6.04 Å². The van der Waals surface area contributed by atoms with Crippen molar-refractivity contribution in [1.29, 1.82) is 0 Å². The van der Waals surface area contributed by atoms with E-state index in [2.05, 4.69) is 15.3 Å². The summed E-state index contributed by atoms with van der Waals surface area (Å²) in [7, 11) is 0. The van der Waals surface area contributed by atoms with Gasteiger partial charge in [0.1, 0.15) is 11.4 Å². The maximum absolute atomic E-state index is 12.0. The van der Waals surface area contributed by atoms with Crippen LogP contribution in [0.4, 0.5) is 5.82 Å². The Balaban J connectivity index is 1.79. The summed E-state index contributed by atoms with van der Waals surface area (Å²) in [6.07, 6.45) is 8.71. The minimum absolute atomic E-state index is 0.0362. The molecule has 1 aliphatic carbocycles. The number of carbonyl (C=O) groups excluding carboxylic acids is 1. The number of anilines is 1. The molecular formula is C15H23N3O2. The Kier molecular flexibility index (Phi) is 4.57. The van der Waals surface area contributed by atoms with E-state index in [1.54, 1.807) is 18.6 Å². The average molecular weight is 277 g/mol. The summed E-state index contributed by atoms with van der Waals surface area (Å²) < 4.78 is 5.45. The van der Waals surface area contributed by atoms with Gasteiger partial charge in [0.15, 0.2) is 0 Å². The summed E-state index contributed by atoms with van der Waals surface area (Å²) >= 11 is 0. The number of esters is 1. The summed E-state index contributed by atoms with van der Waals surface area (Å²) in [5.41, 5.74) is -0.397. The second kappa shape index (κ2) is 6.20. The Labute approximate surface area is 120 Å². The number of aromatic nitrogens is 2. The molecule has 5 heteroatoms. The van der Waals surface area contributed by atoms with Crippen LogP contribution in [-0.4, -0.2) is 27.6 Å². The Hall–Kier alpha value is -1.65. The SMILES string of the molecule is CC(C)(C)OC(=O)C1CCC(Nc2cnccn2)CC1. The quantitative estimate of drug-likeness (QED) is 0.861. The molecule has 20 heavy (non-hydrogen) atoms. The van der Waals surface area contributed by atoms with E-state index >= 15 is 0 Å². The van der Waals surface area contributed by atoms with E-state index in [-0.39, 0.29) is 11.9 Å². The van der Waals surface area contributed by atoms with Crippen LogP contribution in [0.25, 0.3) is 0 Å². The van der Waals surface area contributed by atoms with Crippen molar-refractivity contribution in [2.24, 2.45) is 5.92 Å². The lowest BCUT2D eigenvalue weighted by Crippen LogP contribution is -2.34. The number of hydrogen-bond donors (Lipinski definition) is 1. The number of hydrogen-bond acceptors (Lipinski definition) is 5. The lowest BCUT2D eigenvalue weighted by molar-refractivity contribution is -0.161.